The second-order valence-corrected chi connectivity index (χ2v) is 3.84. The van der Waals surface area contributed by atoms with Crippen molar-refractivity contribution in [2.45, 2.75) is 25.5 Å². The number of rotatable bonds is 2. The first-order valence-corrected chi connectivity index (χ1v) is 5.24. The van der Waals surface area contributed by atoms with E-state index in [1.54, 1.807) is 0 Å². The first-order valence-electron chi connectivity index (χ1n) is 5.24. The van der Waals surface area contributed by atoms with Crippen LogP contribution in [0, 0.1) is 0 Å². The van der Waals surface area contributed by atoms with Crippen molar-refractivity contribution >= 4 is 5.91 Å². The minimum Gasteiger partial charge on any atom is -0.505 e. The van der Waals surface area contributed by atoms with Gasteiger partial charge in [-0.25, -0.2) is 0 Å². The van der Waals surface area contributed by atoms with Crippen molar-refractivity contribution in [3.05, 3.63) is 24.0 Å². The fraction of sp³-hybridized carbons (Fsp3) is 0.455. The Kier molecular flexibility index (Phi) is 3.05. The summed E-state index contributed by atoms with van der Waals surface area (Å²) < 4.78 is 5.34. The number of hydrogen-bond donors (Lipinski definition) is 2. The molecule has 2 unspecified atom stereocenters. The molecule has 0 aromatic carbocycles. The number of nitrogens with one attached hydrogen (secondary N) is 1. The molecule has 1 aromatic heterocycles. The fourth-order valence-electron chi connectivity index (χ4n) is 1.75. The molecule has 2 atom stereocenters. The van der Waals surface area contributed by atoms with E-state index in [4.69, 9.17) is 4.74 Å². The summed E-state index contributed by atoms with van der Waals surface area (Å²) in [5, 5.41) is 12.3. The molecule has 1 aliphatic heterocycles. The lowest BCUT2D eigenvalue weighted by atomic mass is 10.1. The van der Waals surface area contributed by atoms with Crippen LogP contribution >= 0.6 is 0 Å². The molecular weight excluding hydrogens is 208 g/mol. The zero-order valence-electron chi connectivity index (χ0n) is 9.01. The highest BCUT2D eigenvalue weighted by atomic mass is 16.5. The average Bonchev–Trinajstić information content (AvgIpc) is 2.65. The Morgan fingerprint density at radius 3 is 3.12 bits per heavy atom. The van der Waals surface area contributed by atoms with Gasteiger partial charge in [0.1, 0.15) is 5.75 Å². The molecule has 1 fully saturated rings. The van der Waals surface area contributed by atoms with E-state index in [1.807, 2.05) is 6.92 Å². The predicted molar refractivity (Wildman–Crippen MR) is 57.2 cm³/mol. The molecule has 0 aliphatic carbocycles. The highest BCUT2D eigenvalue weighted by Crippen LogP contribution is 2.17. The normalized spacial score (nSPS) is 24.3. The van der Waals surface area contributed by atoms with Crippen LogP contribution in [0.3, 0.4) is 0 Å². The Hall–Kier alpha value is -1.62. The molecule has 1 aliphatic rings. The molecule has 1 amide bonds. The molecule has 5 heteroatoms. The highest BCUT2D eigenvalue weighted by molar-refractivity contribution is 5.96. The standard InChI is InChI=1S/C11H14N2O3/c1-7-9(3-5-16-7)13-11(15)8-2-4-12-6-10(8)14/h2,4,6-7,9,14H,3,5H2,1H3,(H,13,15). The van der Waals surface area contributed by atoms with Gasteiger partial charge in [-0.15, -0.1) is 0 Å². The van der Waals surface area contributed by atoms with E-state index in [0.29, 0.717) is 6.61 Å². The number of nitrogens with zero attached hydrogens (tertiary/aromatic N) is 1. The first-order chi connectivity index (χ1) is 7.68. The van der Waals surface area contributed by atoms with Gasteiger partial charge in [-0.1, -0.05) is 0 Å². The van der Waals surface area contributed by atoms with Crippen LogP contribution in [0.25, 0.3) is 0 Å². The third kappa shape index (κ3) is 2.14. The zero-order chi connectivity index (χ0) is 11.5. The fourth-order valence-corrected chi connectivity index (χ4v) is 1.75. The van der Waals surface area contributed by atoms with E-state index in [2.05, 4.69) is 10.3 Å². The van der Waals surface area contributed by atoms with E-state index < -0.39 is 0 Å². The maximum absolute atomic E-state index is 11.8. The van der Waals surface area contributed by atoms with Crippen LogP contribution in [0.4, 0.5) is 0 Å². The predicted octanol–water partition coefficient (Wildman–Crippen LogP) is 0.694. The number of ether oxygens (including phenoxy) is 1. The summed E-state index contributed by atoms with van der Waals surface area (Å²) in [6.45, 7) is 2.58. The third-order valence-corrected chi connectivity index (χ3v) is 2.74. The van der Waals surface area contributed by atoms with E-state index in [-0.39, 0.29) is 29.4 Å². The molecule has 1 saturated heterocycles. The molecule has 2 rings (SSSR count). The minimum absolute atomic E-state index is 0.0139. The van der Waals surface area contributed by atoms with Crippen molar-refractivity contribution in [2.75, 3.05) is 6.61 Å². The SMILES string of the molecule is CC1OCCC1NC(=O)c1ccncc1O. The molecule has 0 radical (unpaired) electrons. The van der Waals surface area contributed by atoms with Gasteiger partial charge in [-0.05, 0) is 19.4 Å². The van der Waals surface area contributed by atoms with E-state index >= 15 is 0 Å². The van der Waals surface area contributed by atoms with Gasteiger partial charge in [0.25, 0.3) is 5.91 Å². The number of carbonyl (C=O) groups is 1. The third-order valence-electron chi connectivity index (χ3n) is 2.74. The van der Waals surface area contributed by atoms with Gasteiger partial charge < -0.3 is 15.2 Å². The van der Waals surface area contributed by atoms with Crippen molar-refractivity contribution < 1.29 is 14.6 Å². The second-order valence-electron chi connectivity index (χ2n) is 3.84. The molecule has 1 aromatic rings. The number of amides is 1. The van der Waals surface area contributed by atoms with E-state index in [9.17, 15) is 9.90 Å². The number of carbonyl (C=O) groups excluding carboxylic acids is 1. The Morgan fingerprint density at radius 2 is 2.50 bits per heavy atom. The Balaban J connectivity index is 2.06. The van der Waals surface area contributed by atoms with Crippen LogP contribution in [0.1, 0.15) is 23.7 Å². The van der Waals surface area contributed by atoms with Crippen LogP contribution in [0.5, 0.6) is 5.75 Å². The molecular formula is C11H14N2O3. The Morgan fingerprint density at radius 1 is 1.69 bits per heavy atom. The topological polar surface area (TPSA) is 71.5 Å². The first kappa shape index (κ1) is 10.9. The summed E-state index contributed by atoms with van der Waals surface area (Å²) in [6, 6.07) is 1.51. The van der Waals surface area contributed by atoms with Gasteiger partial charge in [-0.2, -0.15) is 0 Å². The molecule has 86 valence electrons. The lowest BCUT2D eigenvalue weighted by molar-refractivity contribution is 0.0863. The van der Waals surface area contributed by atoms with E-state index in [0.717, 1.165) is 6.42 Å². The van der Waals surface area contributed by atoms with E-state index in [1.165, 1.54) is 18.5 Å². The summed E-state index contributed by atoms with van der Waals surface area (Å²) >= 11 is 0. The minimum atomic E-state index is -0.290. The number of pyridine rings is 1. The molecule has 2 N–H and O–H groups in total. The Bertz CT molecular complexity index is 395. The van der Waals surface area contributed by atoms with Crippen LogP contribution in [-0.4, -0.2) is 34.8 Å². The summed E-state index contributed by atoms with van der Waals surface area (Å²) in [5.74, 6) is -0.395. The van der Waals surface area contributed by atoms with Crippen LogP contribution in [0.15, 0.2) is 18.5 Å². The van der Waals surface area contributed by atoms with Gasteiger partial charge >= 0.3 is 0 Å². The molecule has 2 heterocycles. The second kappa shape index (κ2) is 4.49. The van der Waals surface area contributed by atoms with Gasteiger partial charge in [0, 0.05) is 12.8 Å². The maximum atomic E-state index is 11.8. The zero-order valence-corrected chi connectivity index (χ0v) is 9.01. The summed E-state index contributed by atoms with van der Waals surface area (Å²) in [6.07, 6.45) is 3.55. The van der Waals surface area contributed by atoms with Gasteiger partial charge in [-0.3, -0.25) is 9.78 Å². The molecule has 16 heavy (non-hydrogen) atoms. The molecule has 0 saturated carbocycles. The van der Waals surface area contributed by atoms with Gasteiger partial charge in [0.2, 0.25) is 0 Å². The largest absolute Gasteiger partial charge is 0.505 e. The van der Waals surface area contributed by atoms with Crippen molar-refractivity contribution in [2.24, 2.45) is 0 Å². The monoisotopic (exact) mass is 222 g/mol. The number of aromatic hydroxyl groups is 1. The Labute approximate surface area is 93.5 Å². The lowest BCUT2D eigenvalue weighted by Gasteiger charge is -2.16. The van der Waals surface area contributed by atoms with Crippen molar-refractivity contribution in [3.8, 4) is 5.75 Å². The van der Waals surface area contributed by atoms with Gasteiger partial charge in [0.05, 0.1) is 23.9 Å². The van der Waals surface area contributed by atoms with Crippen LogP contribution in [-0.2, 0) is 4.74 Å². The molecule has 5 nitrogen and oxygen atoms in total. The van der Waals surface area contributed by atoms with Crippen molar-refractivity contribution in [1.82, 2.24) is 10.3 Å². The molecule has 0 spiro atoms. The number of hydrogen-bond acceptors (Lipinski definition) is 4. The summed E-state index contributed by atoms with van der Waals surface area (Å²) in [5.41, 5.74) is 0.245. The van der Waals surface area contributed by atoms with Crippen LogP contribution in [0.2, 0.25) is 0 Å². The smallest absolute Gasteiger partial charge is 0.255 e. The maximum Gasteiger partial charge on any atom is 0.255 e. The van der Waals surface area contributed by atoms with Crippen molar-refractivity contribution in [3.63, 3.8) is 0 Å². The number of aromatic nitrogens is 1. The highest BCUT2D eigenvalue weighted by Gasteiger charge is 2.26. The van der Waals surface area contributed by atoms with Crippen molar-refractivity contribution in [1.29, 1.82) is 0 Å². The summed E-state index contributed by atoms with van der Waals surface area (Å²) in [7, 11) is 0. The quantitative estimate of drug-likeness (QED) is 0.772. The molecule has 0 bridgehead atoms. The lowest BCUT2D eigenvalue weighted by Crippen LogP contribution is -2.39. The summed E-state index contributed by atoms with van der Waals surface area (Å²) in [4.78, 5) is 15.5. The average molecular weight is 222 g/mol. The van der Waals surface area contributed by atoms with Crippen LogP contribution < -0.4 is 5.32 Å². The van der Waals surface area contributed by atoms with Gasteiger partial charge in [0.15, 0.2) is 0 Å².